The second-order valence-corrected chi connectivity index (χ2v) is 10.7. The lowest BCUT2D eigenvalue weighted by Gasteiger charge is -2.28. The molecule has 41 heavy (non-hydrogen) atoms. The zero-order valence-corrected chi connectivity index (χ0v) is 23.2. The van der Waals surface area contributed by atoms with Crippen LogP contribution in [0.2, 0.25) is 10.0 Å². The van der Waals surface area contributed by atoms with Gasteiger partial charge in [0.1, 0.15) is 5.41 Å². The van der Waals surface area contributed by atoms with E-state index in [4.69, 9.17) is 28.3 Å². The van der Waals surface area contributed by atoms with Crippen molar-refractivity contribution >= 4 is 46.4 Å². The van der Waals surface area contributed by atoms with Gasteiger partial charge >= 0.3 is 0 Å². The predicted octanol–water partition coefficient (Wildman–Crippen LogP) is 7.14. The van der Waals surface area contributed by atoms with Crippen LogP contribution in [0.1, 0.15) is 33.5 Å². The first kappa shape index (κ1) is 26.5. The summed E-state index contributed by atoms with van der Waals surface area (Å²) < 4.78 is 0. The normalized spacial score (nSPS) is 17.9. The highest BCUT2D eigenvalue weighted by molar-refractivity contribution is 6.31. The largest absolute Gasteiger partial charge is 0.307 e. The van der Waals surface area contributed by atoms with Gasteiger partial charge < -0.3 is 4.90 Å². The lowest BCUT2D eigenvalue weighted by atomic mass is 9.71. The van der Waals surface area contributed by atoms with Crippen molar-refractivity contribution in [3.63, 3.8) is 0 Å². The van der Waals surface area contributed by atoms with Crippen molar-refractivity contribution in [3.8, 4) is 6.07 Å². The number of fused-ring (bicyclic) bond motifs is 2. The molecule has 200 valence electrons. The Bertz CT molecular complexity index is 1780. The third kappa shape index (κ3) is 4.70. The quantitative estimate of drug-likeness (QED) is 0.259. The molecule has 2 aliphatic heterocycles. The highest BCUT2D eigenvalue weighted by Gasteiger charge is 2.55. The van der Waals surface area contributed by atoms with Gasteiger partial charge in [-0.15, -0.1) is 0 Å². The molecule has 4 aromatic carbocycles. The Balaban J connectivity index is 1.57. The lowest BCUT2D eigenvalue weighted by molar-refractivity contribution is -0.121. The molecule has 2 aliphatic rings. The van der Waals surface area contributed by atoms with Crippen LogP contribution in [0.25, 0.3) is 0 Å². The van der Waals surface area contributed by atoms with Crippen molar-refractivity contribution in [1.29, 1.82) is 5.26 Å². The van der Waals surface area contributed by atoms with Crippen LogP contribution < -0.4 is 4.90 Å². The summed E-state index contributed by atoms with van der Waals surface area (Å²) in [7, 11) is 0. The Labute approximate surface area is 247 Å². The Morgan fingerprint density at radius 3 is 2.32 bits per heavy atom. The molecule has 0 saturated heterocycles. The van der Waals surface area contributed by atoms with Gasteiger partial charge in [-0.25, -0.2) is 5.01 Å². The van der Waals surface area contributed by atoms with Crippen LogP contribution in [0.15, 0.2) is 120 Å². The number of carbonyl (C=O) groups excluding carboxylic acids is 2. The highest BCUT2D eigenvalue weighted by atomic mass is 35.5. The minimum absolute atomic E-state index is 0.0166. The molecule has 0 fully saturated rings. The molecule has 6 rings (SSSR count). The lowest BCUT2D eigenvalue weighted by Crippen LogP contribution is -2.42. The maximum atomic E-state index is 14.7. The minimum atomic E-state index is -1.48. The third-order valence-electron chi connectivity index (χ3n) is 7.38. The minimum Gasteiger partial charge on any atom is -0.307 e. The van der Waals surface area contributed by atoms with Gasteiger partial charge in [-0.1, -0.05) is 83.9 Å². The standard InChI is InChI=1S/C33H22Cl2N4O2/c34-26-13-7-12-24(16-26)29-18-33(25(19-36)21-39(37-29)31(40)23-10-5-2-6-11-23)28-17-27(35)14-15-30(28)38(32(33)41)20-22-8-3-1-4-9-22/h1-17,21H,18,20H2. The number of carbonyl (C=O) groups is 2. The summed E-state index contributed by atoms with van der Waals surface area (Å²) >= 11 is 12.9. The molecule has 0 aliphatic carbocycles. The number of nitrogens with zero attached hydrogens (tertiary/aromatic N) is 4. The molecule has 0 bridgehead atoms. The number of benzene rings is 4. The number of hydrogen-bond donors (Lipinski definition) is 0. The van der Waals surface area contributed by atoms with Gasteiger partial charge in [0.05, 0.1) is 23.9 Å². The summed E-state index contributed by atoms with van der Waals surface area (Å²) in [5.74, 6) is -0.733. The third-order valence-corrected chi connectivity index (χ3v) is 7.85. The van der Waals surface area contributed by atoms with E-state index in [-0.39, 0.29) is 17.9 Å². The van der Waals surface area contributed by atoms with Crippen molar-refractivity contribution < 1.29 is 9.59 Å². The van der Waals surface area contributed by atoms with Gasteiger partial charge in [0.25, 0.3) is 5.91 Å². The van der Waals surface area contributed by atoms with Gasteiger partial charge in [0.2, 0.25) is 5.91 Å². The molecule has 0 saturated carbocycles. The van der Waals surface area contributed by atoms with Gasteiger partial charge in [0.15, 0.2) is 0 Å². The van der Waals surface area contributed by atoms with Crippen molar-refractivity contribution in [2.24, 2.45) is 5.10 Å². The van der Waals surface area contributed by atoms with Crippen molar-refractivity contribution in [2.75, 3.05) is 4.90 Å². The summed E-state index contributed by atoms with van der Waals surface area (Å²) in [4.78, 5) is 30.0. The van der Waals surface area contributed by atoms with E-state index in [1.165, 1.54) is 6.20 Å². The number of rotatable bonds is 4. The van der Waals surface area contributed by atoms with E-state index in [1.54, 1.807) is 65.6 Å². The maximum absolute atomic E-state index is 14.7. The number of halogens is 2. The molecule has 6 nitrogen and oxygen atoms in total. The van der Waals surface area contributed by atoms with E-state index in [9.17, 15) is 14.9 Å². The van der Waals surface area contributed by atoms with E-state index in [2.05, 4.69) is 6.07 Å². The predicted molar refractivity (Wildman–Crippen MR) is 160 cm³/mol. The molecule has 1 spiro atoms. The molecular formula is C33H22Cl2N4O2. The Morgan fingerprint density at radius 1 is 0.902 bits per heavy atom. The molecular weight excluding hydrogens is 555 g/mol. The van der Waals surface area contributed by atoms with Crippen LogP contribution in [0.4, 0.5) is 5.69 Å². The van der Waals surface area contributed by atoms with Crippen LogP contribution in [0.5, 0.6) is 0 Å². The molecule has 0 radical (unpaired) electrons. The Morgan fingerprint density at radius 2 is 1.61 bits per heavy atom. The first-order chi connectivity index (χ1) is 19.9. The zero-order valence-electron chi connectivity index (χ0n) is 21.7. The molecule has 4 aromatic rings. The van der Waals surface area contributed by atoms with Crippen LogP contribution in [0, 0.1) is 11.3 Å². The first-order valence-electron chi connectivity index (χ1n) is 12.9. The van der Waals surface area contributed by atoms with Gasteiger partial charge in [-0.2, -0.15) is 10.4 Å². The molecule has 1 unspecified atom stereocenters. The van der Waals surface area contributed by atoms with Crippen LogP contribution >= 0.6 is 23.2 Å². The summed E-state index contributed by atoms with van der Waals surface area (Å²) in [5.41, 5.74) is 2.23. The molecule has 0 aromatic heterocycles. The maximum Gasteiger partial charge on any atom is 0.278 e. The highest BCUT2D eigenvalue weighted by Crippen LogP contribution is 2.51. The second-order valence-electron chi connectivity index (χ2n) is 9.85. The number of hydrazone groups is 1. The summed E-state index contributed by atoms with van der Waals surface area (Å²) in [6.07, 6.45) is 1.39. The fourth-order valence-electron chi connectivity index (χ4n) is 5.44. The summed E-state index contributed by atoms with van der Waals surface area (Å²) in [6.45, 7) is 0.297. The molecule has 1 atom stereocenters. The smallest absolute Gasteiger partial charge is 0.278 e. The molecule has 0 N–H and O–H groups in total. The number of amides is 2. The molecule has 2 amide bonds. The van der Waals surface area contributed by atoms with E-state index >= 15 is 0 Å². The zero-order chi connectivity index (χ0) is 28.6. The fourth-order valence-corrected chi connectivity index (χ4v) is 5.80. The number of nitriles is 1. The summed E-state index contributed by atoms with van der Waals surface area (Å²) in [5, 5.41) is 17.4. The average molecular weight is 577 g/mol. The fraction of sp³-hybridized carbons (Fsp3) is 0.0909. The molecule has 8 heteroatoms. The van der Waals surface area contributed by atoms with Gasteiger partial charge in [-0.05, 0) is 59.2 Å². The van der Waals surface area contributed by atoms with Crippen molar-refractivity contribution in [2.45, 2.75) is 18.4 Å². The summed E-state index contributed by atoms with van der Waals surface area (Å²) in [6, 6.07) is 32.9. The molecule has 2 heterocycles. The second kappa shape index (κ2) is 10.7. The topological polar surface area (TPSA) is 76.8 Å². The Hall–Kier alpha value is -4.70. The number of anilines is 1. The number of hydrogen-bond acceptors (Lipinski definition) is 4. The van der Waals surface area contributed by atoms with Gasteiger partial charge in [0, 0.05) is 33.9 Å². The average Bonchev–Trinajstić information content (AvgIpc) is 3.11. The first-order valence-corrected chi connectivity index (χ1v) is 13.7. The van der Waals surface area contributed by atoms with E-state index < -0.39 is 11.3 Å². The monoisotopic (exact) mass is 576 g/mol. The van der Waals surface area contributed by atoms with E-state index in [0.29, 0.717) is 44.7 Å². The SMILES string of the molecule is N#CC1=CN(C(=O)c2ccccc2)N=C(c2cccc(Cl)c2)CC12C(=O)N(Cc1ccccc1)c1ccc(Cl)cc12. The Kier molecular flexibility index (Phi) is 6.92. The van der Waals surface area contributed by atoms with Gasteiger partial charge in [-0.3, -0.25) is 9.59 Å². The van der Waals surface area contributed by atoms with E-state index in [0.717, 1.165) is 10.6 Å². The van der Waals surface area contributed by atoms with Crippen molar-refractivity contribution in [1.82, 2.24) is 5.01 Å². The van der Waals surface area contributed by atoms with Crippen LogP contribution in [-0.2, 0) is 16.8 Å². The van der Waals surface area contributed by atoms with Crippen LogP contribution in [0.3, 0.4) is 0 Å². The van der Waals surface area contributed by atoms with Crippen molar-refractivity contribution in [3.05, 3.63) is 147 Å². The van der Waals surface area contributed by atoms with Crippen LogP contribution in [-0.4, -0.2) is 22.5 Å². The van der Waals surface area contributed by atoms with E-state index in [1.807, 2.05) is 42.5 Å².